The number of carbonyl (C=O) groups excluding carboxylic acids is 1. The molecular formula is C11H16O4. The molecular weight excluding hydrogens is 196 g/mol. The van der Waals surface area contributed by atoms with Gasteiger partial charge in [0.25, 0.3) is 0 Å². The van der Waals surface area contributed by atoms with Crippen LogP contribution >= 0.6 is 0 Å². The summed E-state index contributed by atoms with van der Waals surface area (Å²) in [5, 5.41) is 9.84. The van der Waals surface area contributed by atoms with Crippen LogP contribution in [0.15, 0.2) is 0 Å². The standard InChI is InChI=1S/C11H16O4/c1-5(12)14-8-6-3-7-9(8)15-10(13)11(7,2)4-6/h6-10,13H,3-4H2,1-2H3. The Balaban J connectivity index is 1.87. The highest BCUT2D eigenvalue weighted by Crippen LogP contribution is 2.63. The molecule has 0 aromatic heterocycles. The van der Waals surface area contributed by atoms with E-state index < -0.39 is 6.29 Å². The lowest BCUT2D eigenvalue weighted by Crippen LogP contribution is -2.39. The Hall–Kier alpha value is -0.610. The van der Waals surface area contributed by atoms with Crippen molar-refractivity contribution in [2.24, 2.45) is 17.3 Å². The van der Waals surface area contributed by atoms with Crippen molar-refractivity contribution in [3.8, 4) is 0 Å². The van der Waals surface area contributed by atoms with Crippen LogP contribution in [-0.2, 0) is 14.3 Å². The van der Waals surface area contributed by atoms with Crippen molar-refractivity contribution in [1.82, 2.24) is 0 Å². The van der Waals surface area contributed by atoms with E-state index in [0.29, 0.717) is 11.8 Å². The number of rotatable bonds is 1. The molecule has 0 amide bonds. The summed E-state index contributed by atoms with van der Waals surface area (Å²) >= 11 is 0. The lowest BCUT2D eigenvalue weighted by Gasteiger charge is -2.31. The van der Waals surface area contributed by atoms with E-state index in [4.69, 9.17) is 9.47 Å². The topological polar surface area (TPSA) is 55.8 Å². The van der Waals surface area contributed by atoms with Gasteiger partial charge in [0.05, 0.1) is 0 Å². The molecule has 4 heteroatoms. The van der Waals surface area contributed by atoms with E-state index in [1.807, 2.05) is 0 Å². The maximum absolute atomic E-state index is 11.0. The lowest BCUT2D eigenvalue weighted by molar-refractivity contribution is -0.164. The number of hydrogen-bond acceptors (Lipinski definition) is 4. The van der Waals surface area contributed by atoms with Gasteiger partial charge in [-0.2, -0.15) is 0 Å². The van der Waals surface area contributed by atoms with E-state index in [9.17, 15) is 9.90 Å². The van der Waals surface area contributed by atoms with E-state index in [2.05, 4.69) is 6.92 Å². The van der Waals surface area contributed by atoms with Crippen LogP contribution in [0, 0.1) is 17.3 Å². The molecule has 84 valence electrons. The maximum atomic E-state index is 11.0. The number of esters is 1. The van der Waals surface area contributed by atoms with Crippen molar-refractivity contribution in [1.29, 1.82) is 0 Å². The van der Waals surface area contributed by atoms with Crippen molar-refractivity contribution in [2.75, 3.05) is 0 Å². The van der Waals surface area contributed by atoms with Gasteiger partial charge in [-0.1, -0.05) is 6.92 Å². The average Bonchev–Trinajstić information content (AvgIpc) is 2.66. The summed E-state index contributed by atoms with van der Waals surface area (Å²) in [7, 11) is 0. The summed E-state index contributed by atoms with van der Waals surface area (Å²) in [5.74, 6) is 0.493. The first-order chi connectivity index (χ1) is 7.02. The Morgan fingerprint density at radius 2 is 2.33 bits per heavy atom. The largest absolute Gasteiger partial charge is 0.459 e. The maximum Gasteiger partial charge on any atom is 0.303 e. The molecule has 0 aromatic rings. The number of carbonyl (C=O) groups is 1. The third-order valence-corrected chi connectivity index (χ3v) is 4.44. The van der Waals surface area contributed by atoms with Crippen molar-refractivity contribution >= 4 is 5.97 Å². The van der Waals surface area contributed by atoms with Crippen molar-refractivity contribution in [3.05, 3.63) is 0 Å². The van der Waals surface area contributed by atoms with Crippen LogP contribution < -0.4 is 0 Å². The van der Waals surface area contributed by atoms with Gasteiger partial charge >= 0.3 is 5.97 Å². The fraction of sp³-hybridized carbons (Fsp3) is 0.909. The minimum Gasteiger partial charge on any atom is -0.459 e. The second-order valence-corrected chi connectivity index (χ2v) is 5.34. The number of aliphatic hydroxyl groups excluding tert-OH is 1. The molecule has 0 spiro atoms. The quantitative estimate of drug-likeness (QED) is 0.649. The van der Waals surface area contributed by atoms with Gasteiger partial charge in [-0.25, -0.2) is 0 Å². The molecule has 2 aliphatic carbocycles. The number of hydrogen-bond donors (Lipinski definition) is 1. The zero-order valence-corrected chi connectivity index (χ0v) is 8.97. The van der Waals surface area contributed by atoms with Crippen LogP contribution in [0.5, 0.6) is 0 Å². The Bertz CT molecular complexity index is 316. The van der Waals surface area contributed by atoms with E-state index in [1.54, 1.807) is 0 Å². The molecule has 4 nitrogen and oxygen atoms in total. The molecule has 0 radical (unpaired) electrons. The number of aliphatic hydroxyl groups is 1. The first-order valence-corrected chi connectivity index (χ1v) is 5.53. The monoisotopic (exact) mass is 212 g/mol. The van der Waals surface area contributed by atoms with E-state index in [0.717, 1.165) is 12.8 Å². The van der Waals surface area contributed by atoms with Gasteiger partial charge in [-0.3, -0.25) is 4.79 Å². The zero-order chi connectivity index (χ0) is 10.8. The molecule has 1 aliphatic heterocycles. The molecule has 1 heterocycles. The second-order valence-electron chi connectivity index (χ2n) is 5.34. The summed E-state index contributed by atoms with van der Waals surface area (Å²) in [6.07, 6.45) is 1.05. The first kappa shape index (κ1) is 9.60. The SMILES string of the molecule is CC(=O)OC1C2CC3C1OC(O)C3(C)C2. The third kappa shape index (κ3) is 1.06. The van der Waals surface area contributed by atoms with Crippen molar-refractivity contribution in [2.45, 2.75) is 45.2 Å². The third-order valence-electron chi connectivity index (χ3n) is 4.44. The summed E-state index contributed by atoms with van der Waals surface area (Å²) < 4.78 is 10.8. The van der Waals surface area contributed by atoms with Crippen LogP contribution in [0.1, 0.15) is 26.7 Å². The van der Waals surface area contributed by atoms with E-state index >= 15 is 0 Å². The van der Waals surface area contributed by atoms with Gasteiger partial charge in [-0.15, -0.1) is 0 Å². The van der Waals surface area contributed by atoms with Gasteiger partial charge in [0.2, 0.25) is 0 Å². The van der Waals surface area contributed by atoms with Gasteiger partial charge in [0, 0.05) is 12.3 Å². The van der Waals surface area contributed by atoms with Crippen LogP contribution in [0.4, 0.5) is 0 Å². The molecule has 3 fully saturated rings. The molecule has 3 rings (SSSR count). The average molecular weight is 212 g/mol. The van der Waals surface area contributed by atoms with Crippen molar-refractivity contribution in [3.63, 3.8) is 0 Å². The van der Waals surface area contributed by atoms with Crippen LogP contribution in [0.2, 0.25) is 0 Å². The highest BCUT2D eigenvalue weighted by Gasteiger charge is 2.68. The summed E-state index contributed by atoms with van der Waals surface area (Å²) in [4.78, 5) is 11.0. The smallest absolute Gasteiger partial charge is 0.303 e. The Labute approximate surface area is 88.6 Å². The molecule has 3 aliphatic rings. The second kappa shape index (κ2) is 2.74. The van der Waals surface area contributed by atoms with Gasteiger partial charge in [0.1, 0.15) is 12.2 Å². The number of ether oxygens (including phenoxy) is 2. The summed E-state index contributed by atoms with van der Waals surface area (Å²) in [6.45, 7) is 3.50. The van der Waals surface area contributed by atoms with Gasteiger partial charge in [-0.05, 0) is 24.7 Å². The van der Waals surface area contributed by atoms with Gasteiger partial charge < -0.3 is 14.6 Å². The molecule has 6 atom stereocenters. The minimum absolute atomic E-state index is 0.0763. The highest BCUT2D eigenvalue weighted by molar-refractivity contribution is 5.66. The fourth-order valence-corrected chi connectivity index (χ4v) is 3.77. The van der Waals surface area contributed by atoms with Crippen LogP contribution in [0.25, 0.3) is 0 Å². The van der Waals surface area contributed by atoms with Crippen molar-refractivity contribution < 1.29 is 19.4 Å². The number of fused-ring (bicyclic) bond motifs is 1. The molecule has 1 N–H and O–H groups in total. The Kier molecular flexibility index (Phi) is 1.75. The zero-order valence-electron chi connectivity index (χ0n) is 8.97. The molecule has 2 bridgehead atoms. The van der Waals surface area contributed by atoms with E-state index in [-0.39, 0.29) is 23.6 Å². The molecule has 0 aromatic carbocycles. The minimum atomic E-state index is -0.682. The van der Waals surface area contributed by atoms with Crippen LogP contribution in [0.3, 0.4) is 0 Å². The fourth-order valence-electron chi connectivity index (χ4n) is 3.77. The van der Waals surface area contributed by atoms with Gasteiger partial charge in [0.15, 0.2) is 6.29 Å². The molecule has 6 unspecified atom stereocenters. The van der Waals surface area contributed by atoms with E-state index in [1.165, 1.54) is 6.92 Å². The lowest BCUT2D eigenvalue weighted by atomic mass is 9.74. The summed E-state index contributed by atoms with van der Waals surface area (Å²) in [6, 6.07) is 0. The van der Waals surface area contributed by atoms with Crippen LogP contribution in [-0.4, -0.2) is 29.6 Å². The molecule has 2 saturated carbocycles. The highest BCUT2D eigenvalue weighted by atomic mass is 16.6. The first-order valence-electron chi connectivity index (χ1n) is 5.53. The predicted octanol–water partition coefficient (Wildman–Crippen LogP) is 0.681. The Morgan fingerprint density at radius 1 is 1.60 bits per heavy atom. The summed E-state index contributed by atoms with van der Waals surface area (Å²) in [5.41, 5.74) is -0.105. The normalized spacial score (nSPS) is 56.1. The predicted molar refractivity (Wildman–Crippen MR) is 50.8 cm³/mol. The Morgan fingerprint density at radius 3 is 3.00 bits per heavy atom. The molecule has 1 saturated heterocycles. The molecule has 15 heavy (non-hydrogen) atoms.